The maximum absolute atomic E-state index is 5.37. The summed E-state index contributed by atoms with van der Waals surface area (Å²) in [7, 11) is 0. The Morgan fingerprint density at radius 2 is 2.16 bits per heavy atom. The van der Waals surface area contributed by atoms with Crippen LogP contribution in [0.2, 0.25) is 0 Å². The Kier molecular flexibility index (Phi) is 3.65. The smallest absolute Gasteiger partial charge is 0.231 e. The summed E-state index contributed by atoms with van der Waals surface area (Å²) in [5.74, 6) is 1.59. The summed E-state index contributed by atoms with van der Waals surface area (Å²) in [5, 5.41) is 11.0. The van der Waals surface area contributed by atoms with Crippen molar-refractivity contribution in [1.82, 2.24) is 20.3 Å². The lowest BCUT2D eigenvalue weighted by molar-refractivity contribution is 0.174. The van der Waals surface area contributed by atoms with E-state index in [2.05, 4.69) is 31.6 Å². The quantitative estimate of drug-likeness (QED) is 0.846. The zero-order valence-corrected chi connectivity index (χ0v) is 11.8. The minimum absolute atomic E-state index is 0.297. The van der Waals surface area contributed by atoms with Crippen LogP contribution in [0.5, 0.6) is 11.5 Å². The van der Waals surface area contributed by atoms with Gasteiger partial charge in [-0.3, -0.25) is 4.68 Å². The molecule has 0 saturated carbocycles. The van der Waals surface area contributed by atoms with E-state index in [9.17, 15) is 0 Å². The Bertz CT molecular complexity index is 559. The monoisotopic (exact) mass is 324 g/mol. The standard InChI is InChI=1S/C12H13BrN4O2/c13-10-6-12-11(18-8-19-12)5-9(10)7-14-1-3-17-4-2-15-16-17/h2,4-6,14H,1,3,7-8H2. The predicted molar refractivity (Wildman–Crippen MR) is 72.0 cm³/mol. The molecule has 7 heteroatoms. The first-order chi connectivity index (χ1) is 9.33. The molecule has 0 radical (unpaired) electrons. The minimum Gasteiger partial charge on any atom is -0.454 e. The van der Waals surface area contributed by atoms with E-state index < -0.39 is 0 Å². The number of hydrogen-bond donors (Lipinski definition) is 1. The average molecular weight is 325 g/mol. The molecule has 1 aliphatic rings. The molecule has 19 heavy (non-hydrogen) atoms. The Morgan fingerprint density at radius 1 is 1.32 bits per heavy atom. The minimum atomic E-state index is 0.297. The Hall–Kier alpha value is -1.60. The van der Waals surface area contributed by atoms with Gasteiger partial charge in [0.25, 0.3) is 0 Å². The van der Waals surface area contributed by atoms with Gasteiger partial charge in [-0.15, -0.1) is 5.10 Å². The van der Waals surface area contributed by atoms with Crippen molar-refractivity contribution >= 4 is 15.9 Å². The lowest BCUT2D eigenvalue weighted by atomic mass is 10.2. The number of halogens is 1. The van der Waals surface area contributed by atoms with Crippen molar-refractivity contribution in [2.45, 2.75) is 13.1 Å². The van der Waals surface area contributed by atoms with Crippen molar-refractivity contribution in [2.75, 3.05) is 13.3 Å². The third kappa shape index (κ3) is 2.87. The van der Waals surface area contributed by atoms with Gasteiger partial charge in [-0.1, -0.05) is 21.1 Å². The molecule has 3 rings (SSSR count). The highest BCUT2D eigenvalue weighted by atomic mass is 79.9. The maximum atomic E-state index is 5.37. The first-order valence-electron chi connectivity index (χ1n) is 5.96. The van der Waals surface area contributed by atoms with Gasteiger partial charge >= 0.3 is 0 Å². The SMILES string of the molecule is Brc1cc2c(cc1CNCCn1ccnn1)OCO2. The van der Waals surface area contributed by atoms with Crippen molar-refractivity contribution in [3.05, 3.63) is 34.6 Å². The molecule has 0 unspecified atom stereocenters. The van der Waals surface area contributed by atoms with Crippen LogP contribution in [0.25, 0.3) is 0 Å². The molecule has 0 spiro atoms. The molecular formula is C12H13BrN4O2. The molecule has 6 nitrogen and oxygen atoms in total. The van der Waals surface area contributed by atoms with E-state index in [0.717, 1.165) is 41.2 Å². The van der Waals surface area contributed by atoms with E-state index in [1.807, 2.05) is 18.3 Å². The number of aromatic nitrogens is 3. The second kappa shape index (κ2) is 5.58. The number of nitrogens with one attached hydrogen (secondary N) is 1. The van der Waals surface area contributed by atoms with Gasteiger partial charge in [-0.2, -0.15) is 0 Å². The van der Waals surface area contributed by atoms with Crippen LogP contribution in [0.3, 0.4) is 0 Å². The molecule has 100 valence electrons. The van der Waals surface area contributed by atoms with E-state index in [1.54, 1.807) is 10.9 Å². The molecule has 2 aromatic rings. The molecule has 0 aliphatic carbocycles. The summed E-state index contributed by atoms with van der Waals surface area (Å²) in [6, 6.07) is 3.94. The van der Waals surface area contributed by atoms with Crippen LogP contribution in [-0.4, -0.2) is 28.3 Å². The highest BCUT2D eigenvalue weighted by Crippen LogP contribution is 2.36. The largest absolute Gasteiger partial charge is 0.454 e. The van der Waals surface area contributed by atoms with Gasteiger partial charge in [0.2, 0.25) is 6.79 Å². The van der Waals surface area contributed by atoms with Crippen molar-refractivity contribution < 1.29 is 9.47 Å². The second-order valence-corrected chi connectivity index (χ2v) is 4.99. The number of nitrogens with zero attached hydrogens (tertiary/aromatic N) is 3. The number of hydrogen-bond acceptors (Lipinski definition) is 5. The highest BCUT2D eigenvalue weighted by Gasteiger charge is 2.15. The molecule has 0 amide bonds. The Balaban J connectivity index is 1.55. The molecule has 0 bridgehead atoms. The number of fused-ring (bicyclic) bond motifs is 1. The number of ether oxygens (including phenoxy) is 2. The van der Waals surface area contributed by atoms with Crippen LogP contribution in [0, 0.1) is 0 Å². The van der Waals surface area contributed by atoms with Gasteiger partial charge in [0.15, 0.2) is 11.5 Å². The predicted octanol–water partition coefficient (Wildman–Crippen LogP) is 1.56. The first kappa shape index (κ1) is 12.4. The Morgan fingerprint density at radius 3 is 2.95 bits per heavy atom. The van der Waals surface area contributed by atoms with Crippen LogP contribution >= 0.6 is 15.9 Å². The third-order valence-corrected chi connectivity index (χ3v) is 3.58. The van der Waals surface area contributed by atoms with Gasteiger partial charge in [-0.25, -0.2) is 0 Å². The van der Waals surface area contributed by atoms with E-state index in [0.29, 0.717) is 6.79 Å². The molecule has 0 fully saturated rings. The van der Waals surface area contributed by atoms with Crippen LogP contribution in [-0.2, 0) is 13.1 Å². The van der Waals surface area contributed by atoms with Crippen molar-refractivity contribution in [3.8, 4) is 11.5 Å². The van der Waals surface area contributed by atoms with Gasteiger partial charge < -0.3 is 14.8 Å². The lowest BCUT2D eigenvalue weighted by Crippen LogP contribution is -2.20. The average Bonchev–Trinajstić information content (AvgIpc) is 3.05. The highest BCUT2D eigenvalue weighted by molar-refractivity contribution is 9.10. The van der Waals surface area contributed by atoms with Crippen molar-refractivity contribution in [1.29, 1.82) is 0 Å². The fraction of sp³-hybridized carbons (Fsp3) is 0.333. The molecular weight excluding hydrogens is 312 g/mol. The van der Waals surface area contributed by atoms with Crippen LogP contribution in [0.1, 0.15) is 5.56 Å². The zero-order chi connectivity index (χ0) is 13.1. The zero-order valence-electron chi connectivity index (χ0n) is 10.2. The maximum Gasteiger partial charge on any atom is 0.231 e. The lowest BCUT2D eigenvalue weighted by Gasteiger charge is -2.08. The summed E-state index contributed by atoms with van der Waals surface area (Å²) < 4.78 is 13.5. The molecule has 0 atom stereocenters. The van der Waals surface area contributed by atoms with Gasteiger partial charge in [0.05, 0.1) is 12.7 Å². The van der Waals surface area contributed by atoms with E-state index in [-0.39, 0.29) is 0 Å². The van der Waals surface area contributed by atoms with E-state index in [1.165, 1.54) is 0 Å². The molecule has 1 aliphatic heterocycles. The molecule has 1 N–H and O–H groups in total. The van der Waals surface area contributed by atoms with Crippen molar-refractivity contribution in [2.24, 2.45) is 0 Å². The molecule has 1 aromatic heterocycles. The summed E-state index contributed by atoms with van der Waals surface area (Å²) in [6.07, 6.45) is 3.52. The fourth-order valence-electron chi connectivity index (χ4n) is 1.86. The Labute approximate surface area is 118 Å². The van der Waals surface area contributed by atoms with Crippen LogP contribution < -0.4 is 14.8 Å². The fourth-order valence-corrected chi connectivity index (χ4v) is 2.33. The van der Waals surface area contributed by atoms with Gasteiger partial charge in [0, 0.05) is 23.8 Å². The summed E-state index contributed by atoms with van der Waals surface area (Å²) in [5.41, 5.74) is 1.14. The first-order valence-corrected chi connectivity index (χ1v) is 6.75. The molecule has 1 aromatic carbocycles. The topological polar surface area (TPSA) is 61.2 Å². The van der Waals surface area contributed by atoms with Crippen molar-refractivity contribution in [3.63, 3.8) is 0 Å². The van der Waals surface area contributed by atoms with E-state index >= 15 is 0 Å². The van der Waals surface area contributed by atoms with Gasteiger partial charge in [-0.05, 0) is 17.7 Å². The summed E-state index contributed by atoms with van der Waals surface area (Å²) in [4.78, 5) is 0. The normalized spacial score (nSPS) is 12.9. The molecule has 0 saturated heterocycles. The molecule has 2 heterocycles. The van der Waals surface area contributed by atoms with Gasteiger partial charge in [0.1, 0.15) is 0 Å². The second-order valence-electron chi connectivity index (χ2n) is 4.14. The summed E-state index contributed by atoms with van der Waals surface area (Å²) >= 11 is 3.54. The summed E-state index contributed by atoms with van der Waals surface area (Å²) in [6.45, 7) is 2.67. The van der Waals surface area contributed by atoms with Crippen LogP contribution in [0.15, 0.2) is 29.0 Å². The van der Waals surface area contributed by atoms with E-state index in [4.69, 9.17) is 9.47 Å². The third-order valence-electron chi connectivity index (χ3n) is 2.85. The number of benzene rings is 1. The van der Waals surface area contributed by atoms with Crippen LogP contribution in [0.4, 0.5) is 0 Å². The number of rotatable bonds is 5.